The molecule has 1 spiro atoms. The molecule has 7 heteroatoms. The molecule has 0 saturated carbocycles. The van der Waals surface area contributed by atoms with E-state index in [2.05, 4.69) is 12.0 Å². The number of likely N-dealkylation sites (tertiary alicyclic amines) is 1. The second-order valence-corrected chi connectivity index (χ2v) is 11.2. The van der Waals surface area contributed by atoms with Gasteiger partial charge >= 0.3 is 0 Å². The van der Waals surface area contributed by atoms with E-state index in [4.69, 9.17) is 9.47 Å². The molecular weight excluding hydrogens is 418 g/mol. The second kappa shape index (κ2) is 8.36. The first kappa shape index (κ1) is 22.8. The molecule has 2 aromatic rings. The van der Waals surface area contributed by atoms with E-state index >= 15 is 0 Å². The molecule has 4 heterocycles. The quantitative estimate of drug-likeness (QED) is 0.746. The van der Waals surface area contributed by atoms with Gasteiger partial charge < -0.3 is 19.5 Å². The highest BCUT2D eigenvalue weighted by Gasteiger charge is 2.53. The van der Waals surface area contributed by atoms with Crippen molar-refractivity contribution < 1.29 is 19.4 Å². The lowest BCUT2D eigenvalue weighted by Gasteiger charge is -2.39. The van der Waals surface area contributed by atoms with Crippen LogP contribution in [0, 0.1) is 5.41 Å². The van der Waals surface area contributed by atoms with Gasteiger partial charge in [0.15, 0.2) is 0 Å². The Balaban J connectivity index is 1.13. The summed E-state index contributed by atoms with van der Waals surface area (Å²) in [4.78, 5) is 14.9. The van der Waals surface area contributed by atoms with Gasteiger partial charge in [-0.3, -0.25) is 9.48 Å². The number of aliphatic hydroxyl groups is 1. The molecule has 1 aromatic carbocycles. The van der Waals surface area contributed by atoms with Crippen LogP contribution in [0.1, 0.15) is 59.3 Å². The molecule has 3 atom stereocenters. The van der Waals surface area contributed by atoms with Crippen molar-refractivity contribution in [3.63, 3.8) is 0 Å². The zero-order valence-corrected chi connectivity index (χ0v) is 20.1. The van der Waals surface area contributed by atoms with Crippen LogP contribution in [0.25, 0.3) is 10.9 Å². The zero-order valence-electron chi connectivity index (χ0n) is 20.1. The van der Waals surface area contributed by atoms with Crippen molar-refractivity contribution in [3.8, 4) is 0 Å². The first-order valence-electron chi connectivity index (χ1n) is 12.4. The molecule has 180 valence electrons. The number of nitrogens with zero attached hydrogens (tertiary/aromatic N) is 3. The van der Waals surface area contributed by atoms with E-state index in [0.29, 0.717) is 13.0 Å². The average Bonchev–Trinajstić information content (AvgIpc) is 3.50. The number of hydrogen-bond acceptors (Lipinski definition) is 5. The van der Waals surface area contributed by atoms with Gasteiger partial charge in [-0.25, -0.2) is 0 Å². The molecule has 3 aliphatic rings. The van der Waals surface area contributed by atoms with Crippen molar-refractivity contribution in [2.75, 3.05) is 19.7 Å². The molecule has 3 saturated heterocycles. The molecule has 1 aromatic heterocycles. The van der Waals surface area contributed by atoms with Crippen molar-refractivity contribution in [2.45, 2.75) is 89.3 Å². The summed E-state index contributed by atoms with van der Waals surface area (Å²) in [6.45, 7) is 8.71. The van der Waals surface area contributed by atoms with Crippen LogP contribution >= 0.6 is 0 Å². The van der Waals surface area contributed by atoms with Crippen LogP contribution in [-0.2, 0) is 20.8 Å². The molecule has 0 bridgehead atoms. The number of para-hydroxylation sites is 1. The van der Waals surface area contributed by atoms with Crippen molar-refractivity contribution in [1.82, 2.24) is 14.7 Å². The topological polar surface area (TPSA) is 76.8 Å². The highest BCUT2D eigenvalue weighted by Crippen LogP contribution is 2.49. The van der Waals surface area contributed by atoms with E-state index < -0.39 is 5.60 Å². The van der Waals surface area contributed by atoms with Gasteiger partial charge in [-0.1, -0.05) is 18.2 Å². The van der Waals surface area contributed by atoms with Crippen molar-refractivity contribution in [2.24, 2.45) is 5.41 Å². The summed E-state index contributed by atoms with van der Waals surface area (Å²) in [5.41, 5.74) is 0.0424. The SMILES string of the molecule is CC(C)(O)[C@@H]1CC[C@](C)([C@@H]2CC3(CCN(C(=O)CCn4ncc5ccccc54)CC3)CO2)O1. The number of ether oxygens (including phenoxy) is 2. The number of amides is 1. The Hall–Kier alpha value is -1.96. The monoisotopic (exact) mass is 455 g/mol. The van der Waals surface area contributed by atoms with Crippen LogP contribution < -0.4 is 0 Å². The maximum atomic E-state index is 12.9. The molecule has 1 amide bonds. The summed E-state index contributed by atoms with van der Waals surface area (Å²) < 4.78 is 14.6. The molecule has 7 nitrogen and oxygen atoms in total. The summed E-state index contributed by atoms with van der Waals surface area (Å²) in [5, 5.41) is 15.9. The van der Waals surface area contributed by atoms with Crippen LogP contribution in [0.5, 0.6) is 0 Å². The van der Waals surface area contributed by atoms with Crippen LogP contribution in [0.15, 0.2) is 30.5 Å². The molecule has 0 aliphatic carbocycles. The lowest BCUT2D eigenvalue weighted by Crippen LogP contribution is -2.45. The number of hydrogen-bond donors (Lipinski definition) is 1. The summed E-state index contributed by atoms with van der Waals surface area (Å²) in [6.07, 6.45) is 6.95. The van der Waals surface area contributed by atoms with Crippen LogP contribution in [0.3, 0.4) is 0 Å². The highest BCUT2D eigenvalue weighted by molar-refractivity contribution is 5.79. The number of fused-ring (bicyclic) bond motifs is 1. The molecule has 5 rings (SSSR count). The Morgan fingerprint density at radius 2 is 2.00 bits per heavy atom. The Kier molecular flexibility index (Phi) is 5.78. The Morgan fingerprint density at radius 1 is 1.24 bits per heavy atom. The van der Waals surface area contributed by atoms with Crippen molar-refractivity contribution in [3.05, 3.63) is 30.5 Å². The molecule has 0 unspecified atom stereocenters. The molecule has 0 radical (unpaired) electrons. The van der Waals surface area contributed by atoms with Gasteiger partial charge in [0.05, 0.1) is 48.3 Å². The summed E-state index contributed by atoms with van der Waals surface area (Å²) in [7, 11) is 0. The fourth-order valence-electron chi connectivity index (χ4n) is 5.92. The summed E-state index contributed by atoms with van der Waals surface area (Å²) >= 11 is 0. The standard InChI is InChI=1S/C26H37N3O4/c1-24(2,31)21-8-10-25(3,33-21)22-16-26(18-32-22)11-14-28(15-12-26)23(30)9-13-29-20-7-5-4-6-19(20)17-27-29/h4-7,17,21-22,31H,8-16,18H2,1-3H3/t21-,22-,25+/m0/s1. The maximum absolute atomic E-state index is 12.9. The normalized spacial score (nSPS) is 29.9. The predicted molar refractivity (Wildman–Crippen MR) is 126 cm³/mol. The van der Waals surface area contributed by atoms with Gasteiger partial charge in [0.1, 0.15) is 0 Å². The largest absolute Gasteiger partial charge is 0.388 e. The van der Waals surface area contributed by atoms with Gasteiger partial charge in [-0.2, -0.15) is 5.10 Å². The number of aromatic nitrogens is 2. The van der Waals surface area contributed by atoms with Crippen molar-refractivity contribution in [1.29, 1.82) is 0 Å². The van der Waals surface area contributed by atoms with E-state index in [0.717, 1.165) is 62.7 Å². The van der Waals surface area contributed by atoms with Gasteiger partial charge in [0.25, 0.3) is 0 Å². The molecule has 1 N–H and O–H groups in total. The van der Waals surface area contributed by atoms with Crippen molar-refractivity contribution >= 4 is 16.8 Å². The zero-order chi connectivity index (χ0) is 23.3. The van der Waals surface area contributed by atoms with E-state index in [-0.39, 0.29) is 29.1 Å². The third-order valence-corrected chi connectivity index (χ3v) is 8.26. The third kappa shape index (κ3) is 4.43. The Labute approximate surface area is 196 Å². The lowest BCUT2D eigenvalue weighted by atomic mass is 9.74. The number of rotatable bonds is 5. The van der Waals surface area contributed by atoms with Crippen LogP contribution in [0.4, 0.5) is 0 Å². The maximum Gasteiger partial charge on any atom is 0.224 e. The van der Waals surface area contributed by atoms with Crippen LogP contribution in [0.2, 0.25) is 0 Å². The highest BCUT2D eigenvalue weighted by atomic mass is 16.6. The number of benzene rings is 1. The molecule has 3 fully saturated rings. The number of carbonyl (C=O) groups excluding carboxylic acids is 1. The average molecular weight is 456 g/mol. The van der Waals surface area contributed by atoms with Gasteiger partial charge in [-0.15, -0.1) is 0 Å². The molecule has 3 aliphatic heterocycles. The van der Waals surface area contributed by atoms with E-state index in [1.165, 1.54) is 0 Å². The van der Waals surface area contributed by atoms with E-state index in [9.17, 15) is 9.90 Å². The number of carbonyl (C=O) groups is 1. The summed E-state index contributed by atoms with van der Waals surface area (Å²) in [5.74, 6) is 0.207. The predicted octanol–water partition coefficient (Wildman–Crippen LogP) is 3.53. The minimum Gasteiger partial charge on any atom is -0.388 e. The first-order valence-corrected chi connectivity index (χ1v) is 12.4. The third-order valence-electron chi connectivity index (χ3n) is 8.26. The molecule has 33 heavy (non-hydrogen) atoms. The van der Waals surface area contributed by atoms with E-state index in [1.54, 1.807) is 0 Å². The first-order chi connectivity index (χ1) is 15.7. The van der Waals surface area contributed by atoms with Gasteiger partial charge in [0.2, 0.25) is 5.91 Å². The van der Waals surface area contributed by atoms with Gasteiger partial charge in [0, 0.05) is 24.9 Å². The minimum absolute atomic E-state index is 0.0557. The second-order valence-electron chi connectivity index (χ2n) is 11.2. The molecular formula is C26H37N3O4. The minimum atomic E-state index is -0.831. The summed E-state index contributed by atoms with van der Waals surface area (Å²) in [6, 6.07) is 8.10. The van der Waals surface area contributed by atoms with E-state index in [1.807, 2.05) is 53.9 Å². The van der Waals surface area contributed by atoms with Crippen LogP contribution in [-0.4, -0.2) is 68.8 Å². The number of piperidine rings is 1. The number of aryl methyl sites for hydroxylation is 1. The van der Waals surface area contributed by atoms with Gasteiger partial charge in [-0.05, 0) is 64.4 Å². The fraction of sp³-hybridized carbons (Fsp3) is 0.692. The smallest absolute Gasteiger partial charge is 0.224 e. The Morgan fingerprint density at radius 3 is 2.73 bits per heavy atom. The Bertz CT molecular complexity index is 1000. The lowest BCUT2D eigenvalue weighted by molar-refractivity contribution is -0.155. The fourth-order valence-corrected chi connectivity index (χ4v) is 5.92.